The maximum atomic E-state index is 8.25. The number of hydrogen-bond donors (Lipinski definition) is 0. The third-order valence-corrected chi connectivity index (χ3v) is 1.49. The number of aromatic nitrogens is 1. The average molecular weight is 149 g/mol. The lowest BCUT2D eigenvalue weighted by molar-refractivity contribution is 1.13. The van der Waals surface area contributed by atoms with Crippen LogP contribution in [0.1, 0.15) is 5.56 Å². The van der Waals surface area contributed by atoms with E-state index in [1.807, 2.05) is 11.5 Å². The number of rotatable bonds is 1. The van der Waals surface area contributed by atoms with Gasteiger partial charge in [-0.25, -0.2) is 4.98 Å². The highest BCUT2D eigenvalue weighted by Crippen LogP contribution is 2.12. The second-order valence-electron chi connectivity index (χ2n) is 1.70. The summed E-state index contributed by atoms with van der Waals surface area (Å²) in [7, 11) is 0. The molecule has 0 N–H and O–H groups in total. The van der Waals surface area contributed by atoms with Gasteiger partial charge in [0.05, 0.1) is 0 Å². The molecule has 0 unspecified atom stereocenters. The zero-order valence-corrected chi connectivity index (χ0v) is 6.06. The molecular weight excluding hydrogens is 144 g/mol. The number of nitriles is 1. The second kappa shape index (κ2) is 3.23. The van der Waals surface area contributed by atoms with E-state index in [4.69, 9.17) is 5.26 Å². The second-order valence-corrected chi connectivity index (χ2v) is 2.50. The summed E-state index contributed by atoms with van der Waals surface area (Å²) in [5.41, 5.74) is 0.863. The molecule has 0 aliphatic heterocycles. The molecule has 3 heteroatoms. The van der Waals surface area contributed by atoms with E-state index in [1.165, 1.54) is 0 Å². The van der Waals surface area contributed by atoms with Gasteiger partial charge in [-0.3, -0.25) is 0 Å². The van der Waals surface area contributed by atoms with Crippen molar-refractivity contribution in [1.29, 1.82) is 5.26 Å². The first-order valence-electron chi connectivity index (χ1n) is 2.67. The Morgan fingerprint density at radius 2 is 2.40 bits per heavy atom. The van der Waals surface area contributed by atoms with E-state index in [-0.39, 0.29) is 0 Å². The molecule has 1 aromatic rings. The summed E-state index contributed by atoms with van der Waals surface area (Å²) in [5.74, 6) is 0. The van der Waals surface area contributed by atoms with E-state index >= 15 is 0 Å². The SMILES string of the molecule is [CH2]c1ccc(SC#N)nc1. The van der Waals surface area contributed by atoms with Crippen molar-refractivity contribution in [2.75, 3.05) is 0 Å². The normalized spacial score (nSPS) is 8.80. The van der Waals surface area contributed by atoms with Crippen LogP contribution in [-0.4, -0.2) is 4.98 Å². The Morgan fingerprint density at radius 1 is 1.60 bits per heavy atom. The van der Waals surface area contributed by atoms with Crippen LogP contribution >= 0.6 is 11.8 Å². The van der Waals surface area contributed by atoms with Gasteiger partial charge in [0.25, 0.3) is 0 Å². The van der Waals surface area contributed by atoms with Gasteiger partial charge in [0.2, 0.25) is 0 Å². The highest BCUT2D eigenvalue weighted by Gasteiger charge is 1.90. The van der Waals surface area contributed by atoms with E-state index in [1.54, 1.807) is 12.3 Å². The lowest BCUT2D eigenvalue weighted by Gasteiger charge is -1.91. The van der Waals surface area contributed by atoms with Crippen molar-refractivity contribution >= 4 is 11.8 Å². The number of hydrogen-bond acceptors (Lipinski definition) is 3. The van der Waals surface area contributed by atoms with E-state index < -0.39 is 0 Å². The molecule has 0 amide bonds. The summed E-state index contributed by atoms with van der Waals surface area (Å²) in [4.78, 5) is 3.95. The van der Waals surface area contributed by atoms with E-state index in [0.29, 0.717) is 0 Å². The minimum absolute atomic E-state index is 0.718. The smallest absolute Gasteiger partial charge is 0.140 e. The number of nitrogens with zero attached hydrogens (tertiary/aromatic N) is 2. The molecule has 0 bridgehead atoms. The number of pyridine rings is 1. The summed E-state index contributed by atoms with van der Waals surface area (Å²) in [5, 5.41) is 10.9. The third-order valence-electron chi connectivity index (χ3n) is 0.948. The maximum Gasteiger partial charge on any atom is 0.140 e. The molecule has 1 rings (SSSR count). The minimum atomic E-state index is 0.718. The van der Waals surface area contributed by atoms with Gasteiger partial charge in [-0.2, -0.15) is 5.26 Å². The summed E-state index contributed by atoms with van der Waals surface area (Å²) >= 11 is 1.05. The lowest BCUT2D eigenvalue weighted by Crippen LogP contribution is -1.77. The van der Waals surface area contributed by atoms with Crippen LogP contribution in [0.2, 0.25) is 0 Å². The van der Waals surface area contributed by atoms with Crippen molar-refractivity contribution < 1.29 is 0 Å². The molecule has 1 heterocycles. The predicted molar refractivity (Wildman–Crippen MR) is 40.2 cm³/mol. The molecule has 0 fully saturated rings. The Labute approximate surface area is 63.9 Å². The van der Waals surface area contributed by atoms with Crippen LogP contribution in [-0.2, 0) is 0 Å². The minimum Gasteiger partial charge on any atom is -0.249 e. The monoisotopic (exact) mass is 149 g/mol. The Hall–Kier alpha value is -1.01. The fourth-order valence-electron chi connectivity index (χ4n) is 0.518. The Kier molecular flexibility index (Phi) is 2.30. The van der Waals surface area contributed by atoms with Crippen LogP contribution in [0.15, 0.2) is 23.4 Å². The number of thioether (sulfide) groups is 1. The van der Waals surface area contributed by atoms with Crippen LogP contribution in [0.3, 0.4) is 0 Å². The van der Waals surface area contributed by atoms with Gasteiger partial charge < -0.3 is 0 Å². The molecule has 1 aromatic heterocycles. The standard InChI is InChI=1S/C7H5N2S/c1-6-2-3-7(9-4-6)10-5-8/h2-4H,1H2. The van der Waals surface area contributed by atoms with Gasteiger partial charge in [-0.1, -0.05) is 6.07 Å². The number of thiocyanates is 1. The Morgan fingerprint density at radius 3 is 2.90 bits per heavy atom. The molecule has 0 aromatic carbocycles. The van der Waals surface area contributed by atoms with E-state index in [2.05, 4.69) is 11.9 Å². The van der Waals surface area contributed by atoms with E-state index in [9.17, 15) is 0 Å². The van der Waals surface area contributed by atoms with Crippen molar-refractivity contribution in [1.82, 2.24) is 4.98 Å². The van der Waals surface area contributed by atoms with Gasteiger partial charge in [0, 0.05) is 18.0 Å². The van der Waals surface area contributed by atoms with Crippen LogP contribution in [0.4, 0.5) is 0 Å². The molecular formula is C7H5N2S. The fraction of sp³-hybridized carbons (Fsp3) is 0. The van der Waals surface area contributed by atoms with Crippen LogP contribution < -0.4 is 0 Å². The first-order valence-corrected chi connectivity index (χ1v) is 3.48. The molecule has 0 saturated heterocycles. The zero-order chi connectivity index (χ0) is 7.40. The third kappa shape index (κ3) is 1.74. The molecule has 0 spiro atoms. The highest BCUT2D eigenvalue weighted by atomic mass is 32.2. The molecule has 1 radical (unpaired) electrons. The summed E-state index contributed by atoms with van der Waals surface area (Å²) in [6.07, 6.45) is 1.64. The zero-order valence-electron chi connectivity index (χ0n) is 5.24. The lowest BCUT2D eigenvalue weighted by atomic mass is 10.3. The van der Waals surface area contributed by atoms with Crippen molar-refractivity contribution in [2.24, 2.45) is 0 Å². The topological polar surface area (TPSA) is 36.7 Å². The average Bonchev–Trinajstić information content (AvgIpc) is 1.95. The molecule has 0 saturated carbocycles. The fourth-order valence-corrected chi connectivity index (χ4v) is 0.853. The molecule has 0 atom stereocenters. The molecule has 49 valence electrons. The summed E-state index contributed by atoms with van der Waals surface area (Å²) < 4.78 is 0. The highest BCUT2D eigenvalue weighted by molar-refractivity contribution is 8.03. The van der Waals surface area contributed by atoms with Gasteiger partial charge in [0.1, 0.15) is 10.4 Å². The predicted octanol–water partition coefficient (Wildman–Crippen LogP) is 1.84. The van der Waals surface area contributed by atoms with Gasteiger partial charge >= 0.3 is 0 Å². The van der Waals surface area contributed by atoms with Crippen molar-refractivity contribution in [3.63, 3.8) is 0 Å². The van der Waals surface area contributed by atoms with E-state index in [0.717, 1.165) is 22.4 Å². The van der Waals surface area contributed by atoms with Gasteiger partial charge in [-0.05, 0) is 18.6 Å². The van der Waals surface area contributed by atoms with Crippen LogP contribution in [0.25, 0.3) is 0 Å². The van der Waals surface area contributed by atoms with Gasteiger partial charge in [0.15, 0.2) is 0 Å². The van der Waals surface area contributed by atoms with Crippen LogP contribution in [0.5, 0.6) is 0 Å². The molecule has 0 aliphatic carbocycles. The quantitative estimate of drug-likeness (QED) is 0.451. The summed E-state index contributed by atoms with van der Waals surface area (Å²) in [6.45, 7) is 3.67. The van der Waals surface area contributed by atoms with Crippen molar-refractivity contribution in [2.45, 2.75) is 5.03 Å². The largest absolute Gasteiger partial charge is 0.249 e. The van der Waals surface area contributed by atoms with Crippen molar-refractivity contribution in [3.05, 3.63) is 30.8 Å². The first-order chi connectivity index (χ1) is 4.83. The van der Waals surface area contributed by atoms with Gasteiger partial charge in [-0.15, -0.1) is 0 Å². The maximum absolute atomic E-state index is 8.25. The summed E-state index contributed by atoms with van der Waals surface area (Å²) in [6, 6.07) is 3.60. The van der Waals surface area contributed by atoms with Crippen LogP contribution in [0, 0.1) is 17.6 Å². The molecule has 10 heavy (non-hydrogen) atoms. The Bertz CT molecular complexity index is 247. The Balaban J connectivity index is 2.81. The first kappa shape index (κ1) is 7.10. The molecule has 0 aliphatic rings. The van der Waals surface area contributed by atoms with Crippen molar-refractivity contribution in [3.8, 4) is 5.40 Å². The molecule has 2 nitrogen and oxygen atoms in total.